The molecule has 1 aliphatic heterocycles. The molecule has 0 aliphatic carbocycles. The van der Waals surface area contributed by atoms with Gasteiger partial charge in [-0.15, -0.1) is 0 Å². The Labute approximate surface area is 253 Å². The second-order valence-electron chi connectivity index (χ2n) is 11.8. The van der Waals surface area contributed by atoms with Crippen LogP contribution in [0.5, 0.6) is 0 Å². The number of amides is 2. The number of hydrogen-bond acceptors (Lipinski definition) is 6. The van der Waals surface area contributed by atoms with Gasteiger partial charge in [-0.1, -0.05) is 75.8 Å². The number of carbonyl (C=O) groups excluding carboxylic acids is 3. The van der Waals surface area contributed by atoms with Gasteiger partial charge >= 0.3 is 5.97 Å². The molecule has 0 fully saturated rings. The minimum atomic E-state index is -0.730. The molecule has 8 heteroatoms. The quantitative estimate of drug-likeness (QED) is 0.102. The largest absolute Gasteiger partial charge is 0.490 e. The predicted molar refractivity (Wildman–Crippen MR) is 168 cm³/mol. The van der Waals surface area contributed by atoms with E-state index in [1.54, 1.807) is 24.4 Å². The number of rotatable bonds is 15. The Balaban J connectivity index is 2.69. The molecule has 0 aromatic carbocycles. The third kappa shape index (κ3) is 14.5. The van der Waals surface area contributed by atoms with Gasteiger partial charge in [0, 0.05) is 12.0 Å². The van der Waals surface area contributed by atoms with Crippen molar-refractivity contribution in [1.82, 2.24) is 10.6 Å². The first kappa shape index (κ1) is 36.6. The van der Waals surface area contributed by atoms with Crippen molar-refractivity contribution in [3.05, 3.63) is 72.2 Å². The van der Waals surface area contributed by atoms with Crippen LogP contribution in [0.1, 0.15) is 81.1 Å². The van der Waals surface area contributed by atoms with Crippen LogP contribution >= 0.6 is 0 Å². The fourth-order valence-corrected chi connectivity index (χ4v) is 4.37. The van der Waals surface area contributed by atoms with Crippen molar-refractivity contribution in [1.29, 1.82) is 0 Å². The number of ether oxygens (including phenoxy) is 3. The van der Waals surface area contributed by atoms with Crippen LogP contribution in [0, 0.1) is 11.3 Å². The van der Waals surface area contributed by atoms with E-state index in [-0.39, 0.29) is 41.8 Å². The lowest BCUT2D eigenvalue weighted by Gasteiger charge is -2.29. The highest BCUT2D eigenvalue weighted by molar-refractivity contribution is 5.93. The lowest BCUT2D eigenvalue weighted by molar-refractivity contribution is -0.149. The topological polar surface area (TPSA) is 103 Å². The first-order valence-electron chi connectivity index (χ1n) is 14.8. The zero-order valence-electron chi connectivity index (χ0n) is 26.9. The van der Waals surface area contributed by atoms with Crippen molar-refractivity contribution >= 4 is 17.8 Å². The summed E-state index contributed by atoms with van der Waals surface area (Å²) in [5.41, 5.74) is 0.474. The van der Waals surface area contributed by atoms with Gasteiger partial charge in [-0.3, -0.25) is 9.59 Å². The summed E-state index contributed by atoms with van der Waals surface area (Å²) in [6.07, 6.45) is 20.8. The fraction of sp³-hybridized carbons (Fsp3) is 0.559. The second-order valence-corrected chi connectivity index (χ2v) is 11.8. The van der Waals surface area contributed by atoms with E-state index in [1.165, 1.54) is 13.2 Å². The summed E-state index contributed by atoms with van der Waals surface area (Å²) in [7, 11) is 1.46. The Bertz CT molecular complexity index is 1060. The minimum Gasteiger partial charge on any atom is -0.490 e. The van der Waals surface area contributed by atoms with E-state index in [9.17, 15) is 14.4 Å². The van der Waals surface area contributed by atoms with E-state index in [2.05, 4.69) is 16.7 Å². The Hall–Kier alpha value is -3.39. The smallest absolute Gasteiger partial charge is 0.373 e. The average Bonchev–Trinajstić information content (AvgIpc) is 3.10. The number of carbonyl (C=O) groups is 3. The molecule has 1 aliphatic rings. The highest BCUT2D eigenvalue weighted by Gasteiger charge is 2.32. The maximum Gasteiger partial charge on any atom is 0.373 e. The van der Waals surface area contributed by atoms with E-state index in [4.69, 9.17) is 14.2 Å². The summed E-state index contributed by atoms with van der Waals surface area (Å²) in [6, 6.07) is -0.730. The number of methoxy groups -OCH3 is 1. The average molecular weight is 585 g/mol. The summed E-state index contributed by atoms with van der Waals surface area (Å²) in [6.45, 7) is 15.6. The van der Waals surface area contributed by atoms with Crippen molar-refractivity contribution in [2.75, 3.05) is 7.11 Å². The van der Waals surface area contributed by atoms with Gasteiger partial charge in [-0.25, -0.2) is 4.79 Å². The van der Waals surface area contributed by atoms with Crippen LogP contribution in [0.15, 0.2) is 72.2 Å². The molecule has 8 nitrogen and oxygen atoms in total. The van der Waals surface area contributed by atoms with Crippen molar-refractivity contribution in [2.24, 2.45) is 11.3 Å². The Morgan fingerprint density at radius 2 is 1.79 bits per heavy atom. The summed E-state index contributed by atoms with van der Waals surface area (Å²) in [5.74, 6) is -0.830. The fourth-order valence-electron chi connectivity index (χ4n) is 4.37. The third-order valence-corrected chi connectivity index (χ3v) is 6.55. The van der Waals surface area contributed by atoms with Gasteiger partial charge in [-0.05, 0) is 71.1 Å². The zero-order valence-corrected chi connectivity index (χ0v) is 26.9. The lowest BCUT2D eigenvalue weighted by atomic mass is 9.86. The van der Waals surface area contributed by atoms with E-state index in [1.807, 2.05) is 79.7 Å². The van der Waals surface area contributed by atoms with Crippen LogP contribution in [0.2, 0.25) is 0 Å². The number of esters is 1. The van der Waals surface area contributed by atoms with Crippen molar-refractivity contribution < 1.29 is 28.6 Å². The van der Waals surface area contributed by atoms with Gasteiger partial charge in [0.05, 0.1) is 19.3 Å². The Morgan fingerprint density at radius 3 is 2.40 bits per heavy atom. The third-order valence-electron chi connectivity index (χ3n) is 6.55. The van der Waals surface area contributed by atoms with Crippen LogP contribution in [0.25, 0.3) is 0 Å². The molecule has 2 N–H and O–H groups in total. The first-order valence-corrected chi connectivity index (χ1v) is 14.8. The molecule has 0 aromatic rings. The first-order chi connectivity index (χ1) is 19.8. The van der Waals surface area contributed by atoms with E-state index < -0.39 is 17.4 Å². The molecule has 0 saturated heterocycles. The molecule has 0 radical (unpaired) electrons. The monoisotopic (exact) mass is 584 g/mol. The molecular weight excluding hydrogens is 532 g/mol. The maximum atomic E-state index is 12.9. The van der Waals surface area contributed by atoms with Crippen LogP contribution in [-0.2, 0) is 28.6 Å². The number of cyclic esters (lactones) is 1. The number of nitrogens with one attached hydrogen (secondary N) is 2. The summed E-state index contributed by atoms with van der Waals surface area (Å²) in [5, 5.41) is 5.63. The van der Waals surface area contributed by atoms with Crippen LogP contribution < -0.4 is 10.6 Å². The molecule has 1 rings (SSSR count). The number of allylic oxidation sites excluding steroid dienone is 6. The molecule has 42 heavy (non-hydrogen) atoms. The molecule has 2 amide bonds. The molecule has 4 atom stereocenters. The zero-order chi connectivity index (χ0) is 31.7. The van der Waals surface area contributed by atoms with Crippen molar-refractivity contribution in [3.63, 3.8) is 0 Å². The van der Waals surface area contributed by atoms with Crippen LogP contribution in [-0.4, -0.2) is 49.2 Å². The van der Waals surface area contributed by atoms with Crippen molar-refractivity contribution in [3.8, 4) is 0 Å². The number of hydrogen-bond donors (Lipinski definition) is 2. The van der Waals surface area contributed by atoms with Gasteiger partial charge in [-0.2, -0.15) is 0 Å². The van der Waals surface area contributed by atoms with Gasteiger partial charge in [0.15, 0.2) is 5.76 Å². The molecule has 0 saturated carbocycles. The predicted octanol–water partition coefficient (Wildman–Crippen LogP) is 6.23. The van der Waals surface area contributed by atoms with Crippen LogP contribution in [0.3, 0.4) is 0 Å². The highest BCUT2D eigenvalue weighted by Crippen LogP contribution is 2.23. The van der Waals surface area contributed by atoms with Crippen LogP contribution in [0.4, 0.5) is 0 Å². The molecule has 1 heterocycles. The summed E-state index contributed by atoms with van der Waals surface area (Å²) >= 11 is 0. The van der Waals surface area contributed by atoms with Gasteiger partial charge in [0.1, 0.15) is 12.1 Å². The van der Waals surface area contributed by atoms with Gasteiger partial charge in [0.25, 0.3) is 0 Å². The Morgan fingerprint density at radius 1 is 1.12 bits per heavy atom. The summed E-state index contributed by atoms with van der Waals surface area (Å²) < 4.78 is 16.6. The maximum absolute atomic E-state index is 12.9. The molecule has 234 valence electrons. The van der Waals surface area contributed by atoms with E-state index >= 15 is 0 Å². The van der Waals surface area contributed by atoms with Gasteiger partial charge < -0.3 is 24.8 Å². The second kappa shape index (κ2) is 18.9. The Kier molecular flexibility index (Phi) is 16.5. The van der Waals surface area contributed by atoms with Gasteiger partial charge in [0.2, 0.25) is 11.8 Å². The lowest BCUT2D eigenvalue weighted by Crippen LogP contribution is -2.52. The molecule has 0 unspecified atom stereocenters. The molecule has 0 aromatic heterocycles. The van der Waals surface area contributed by atoms with E-state index in [0.29, 0.717) is 12.8 Å². The summed E-state index contributed by atoms with van der Waals surface area (Å²) in [4.78, 5) is 37.7. The molecule has 0 spiro atoms. The van der Waals surface area contributed by atoms with E-state index in [0.717, 1.165) is 18.4 Å². The normalized spacial score (nSPS) is 19.2. The minimum absolute atomic E-state index is 0.0115. The highest BCUT2D eigenvalue weighted by atomic mass is 16.6. The molecular formula is C34H52N2O6. The molecule has 0 bridgehead atoms. The standard InChI is InChI=1S/C34H52N2O6/c1-10-11-17-27(41-24(2)3)18-15-22-35-32(38)31(34(6,7)8)36-30(37)21-13-12-16-25(4)23-26(5)28-19-14-20-29(40-9)33(39)42-28/h10-13,15-16,20-24,26-28,31H,14,17-19H2,1-9H3,(H,35,38)(H,36,37)/b11-10-,16-12-,21-13-,22-15-,25-23+/t26-,27-,28-,31+/m0/s1. The van der Waals surface area contributed by atoms with Crippen molar-refractivity contribution in [2.45, 2.75) is 105 Å². The SMILES string of the molecule is C/C=C\C[C@@H](C/C=C\NC(=O)[C@@H](NC(=O)\C=C/C=C\C(C)=C\[C@H](C)[C@@H]1CCC=C(OC)C(=O)O1)C(C)(C)C)OC(C)C.